The fourth-order valence-corrected chi connectivity index (χ4v) is 3.48. The van der Waals surface area contributed by atoms with Crippen molar-refractivity contribution in [2.24, 2.45) is 5.41 Å². The second kappa shape index (κ2) is 4.92. The van der Waals surface area contributed by atoms with Gasteiger partial charge in [0, 0.05) is 7.11 Å². The summed E-state index contributed by atoms with van der Waals surface area (Å²) >= 11 is 0. The first-order chi connectivity index (χ1) is 8.89. The number of aliphatic hydroxyl groups excluding tert-OH is 1. The third kappa shape index (κ3) is 1.87. The van der Waals surface area contributed by atoms with E-state index in [4.69, 9.17) is 9.47 Å². The van der Waals surface area contributed by atoms with E-state index in [0.29, 0.717) is 6.42 Å². The quantitative estimate of drug-likeness (QED) is 0.722. The molecule has 0 saturated carbocycles. The molecule has 20 heavy (non-hydrogen) atoms. The lowest BCUT2D eigenvalue weighted by atomic mass is 9.52. The molecule has 0 aliphatic carbocycles. The molecule has 1 aliphatic rings. The summed E-state index contributed by atoms with van der Waals surface area (Å²) in [5.74, 6) is 0. The van der Waals surface area contributed by atoms with Crippen LogP contribution in [0.25, 0.3) is 0 Å². The number of hydrogen-bond donors (Lipinski definition) is 3. The Labute approximate surface area is 121 Å². The summed E-state index contributed by atoms with van der Waals surface area (Å²) in [7, 11) is 1.53. The molecule has 0 bridgehead atoms. The fourth-order valence-electron chi connectivity index (χ4n) is 3.48. The summed E-state index contributed by atoms with van der Waals surface area (Å²) in [4.78, 5) is 0. The Kier molecular flexibility index (Phi) is 4.39. The molecule has 5 nitrogen and oxygen atoms in total. The summed E-state index contributed by atoms with van der Waals surface area (Å²) in [6.07, 6.45) is 0.509. The van der Waals surface area contributed by atoms with Gasteiger partial charge in [-0.3, -0.25) is 0 Å². The number of rotatable bonds is 4. The van der Waals surface area contributed by atoms with E-state index in [2.05, 4.69) is 0 Å². The van der Waals surface area contributed by atoms with Crippen LogP contribution >= 0.6 is 0 Å². The summed E-state index contributed by atoms with van der Waals surface area (Å²) in [5, 5.41) is 32.0. The summed E-state index contributed by atoms with van der Waals surface area (Å²) in [5.41, 5.74) is -5.96. The van der Waals surface area contributed by atoms with Crippen LogP contribution in [0, 0.1) is 5.41 Å². The maximum atomic E-state index is 11.2. The van der Waals surface area contributed by atoms with Crippen molar-refractivity contribution in [2.45, 2.75) is 70.4 Å². The molecule has 3 N–H and O–H groups in total. The molecule has 120 valence electrons. The van der Waals surface area contributed by atoms with E-state index < -0.39 is 27.8 Å². The van der Waals surface area contributed by atoms with E-state index >= 15 is 0 Å². The van der Waals surface area contributed by atoms with Crippen molar-refractivity contribution in [2.75, 3.05) is 20.3 Å². The van der Waals surface area contributed by atoms with Crippen LogP contribution in [0.4, 0.5) is 0 Å². The van der Waals surface area contributed by atoms with E-state index in [-0.39, 0.29) is 13.2 Å². The zero-order chi connectivity index (χ0) is 16.0. The minimum Gasteiger partial charge on any atom is -0.393 e. The lowest BCUT2D eigenvalue weighted by Crippen LogP contribution is -2.82. The van der Waals surface area contributed by atoms with Crippen molar-refractivity contribution in [3.05, 3.63) is 0 Å². The van der Waals surface area contributed by atoms with Crippen molar-refractivity contribution in [3.8, 4) is 0 Å². The number of ether oxygens (including phenoxy) is 2. The van der Waals surface area contributed by atoms with E-state index in [1.807, 2.05) is 6.92 Å². The van der Waals surface area contributed by atoms with Gasteiger partial charge in [0.15, 0.2) is 0 Å². The number of aliphatic hydroxyl groups is 3. The highest BCUT2D eigenvalue weighted by molar-refractivity contribution is 5.22. The Morgan fingerprint density at radius 3 is 1.80 bits per heavy atom. The standard InChI is InChI=1S/C15H30O5/c1-8-12(3)15(6,18)14(5,17)11(2,10-19-7)13(4,9-16)20-12/h16-18H,8-10H2,1-7H3/t11-,12?,13?,14-,15?/m1/s1. The molecule has 1 rings (SSSR count). The number of hydrogen-bond acceptors (Lipinski definition) is 5. The monoisotopic (exact) mass is 290 g/mol. The predicted octanol–water partition coefficient (Wildman–Crippen LogP) is 1.09. The maximum Gasteiger partial charge on any atom is 0.119 e. The normalized spacial score (nSPS) is 53.1. The van der Waals surface area contributed by atoms with Crippen LogP contribution < -0.4 is 0 Å². The molecule has 1 fully saturated rings. The van der Waals surface area contributed by atoms with E-state index in [1.165, 1.54) is 7.11 Å². The van der Waals surface area contributed by atoms with E-state index in [9.17, 15) is 15.3 Å². The van der Waals surface area contributed by atoms with Crippen molar-refractivity contribution in [3.63, 3.8) is 0 Å². The van der Waals surface area contributed by atoms with E-state index in [1.54, 1.807) is 34.6 Å². The molecular formula is C15H30O5. The van der Waals surface area contributed by atoms with Gasteiger partial charge in [0.1, 0.15) is 11.2 Å². The summed E-state index contributed by atoms with van der Waals surface area (Å²) in [6, 6.07) is 0. The molecule has 1 aliphatic heterocycles. The molecular weight excluding hydrogens is 260 g/mol. The molecule has 0 amide bonds. The topological polar surface area (TPSA) is 79.2 Å². The third-order valence-corrected chi connectivity index (χ3v) is 6.08. The third-order valence-electron chi connectivity index (χ3n) is 6.08. The van der Waals surface area contributed by atoms with Gasteiger partial charge in [-0.1, -0.05) is 13.8 Å². The van der Waals surface area contributed by atoms with Gasteiger partial charge in [-0.2, -0.15) is 0 Å². The highest BCUT2D eigenvalue weighted by atomic mass is 16.6. The van der Waals surface area contributed by atoms with Crippen LogP contribution in [0.1, 0.15) is 48.0 Å². The largest absolute Gasteiger partial charge is 0.393 e. The Morgan fingerprint density at radius 1 is 0.950 bits per heavy atom. The van der Waals surface area contributed by atoms with Crippen molar-refractivity contribution in [1.29, 1.82) is 0 Å². The first kappa shape index (κ1) is 17.9. The van der Waals surface area contributed by atoms with Gasteiger partial charge in [0.05, 0.1) is 29.8 Å². The Bertz CT molecular complexity index is 367. The summed E-state index contributed by atoms with van der Waals surface area (Å²) in [6.45, 7) is 10.3. The smallest absolute Gasteiger partial charge is 0.119 e. The minimum absolute atomic E-state index is 0.160. The zero-order valence-corrected chi connectivity index (χ0v) is 13.8. The SMILES string of the molecule is CCC1(C)OC(C)(CO)[C@@](C)(COC)[C@@](C)(O)C1(C)O. The Morgan fingerprint density at radius 2 is 1.45 bits per heavy atom. The van der Waals surface area contributed by atoms with Gasteiger partial charge in [-0.15, -0.1) is 0 Å². The van der Waals surface area contributed by atoms with Gasteiger partial charge in [0.2, 0.25) is 0 Å². The van der Waals surface area contributed by atoms with Crippen LogP contribution in [0.15, 0.2) is 0 Å². The Balaban J connectivity index is 3.54. The lowest BCUT2D eigenvalue weighted by molar-refractivity contribution is -0.393. The first-order valence-electron chi connectivity index (χ1n) is 7.14. The molecule has 1 heterocycles. The van der Waals surface area contributed by atoms with Crippen LogP contribution in [0.3, 0.4) is 0 Å². The number of methoxy groups -OCH3 is 1. The molecule has 5 atom stereocenters. The maximum absolute atomic E-state index is 11.2. The van der Waals surface area contributed by atoms with Gasteiger partial charge in [-0.05, 0) is 34.1 Å². The van der Waals surface area contributed by atoms with Crippen LogP contribution in [-0.2, 0) is 9.47 Å². The van der Waals surface area contributed by atoms with Crippen molar-refractivity contribution < 1.29 is 24.8 Å². The van der Waals surface area contributed by atoms with Gasteiger partial charge < -0.3 is 24.8 Å². The second-order valence-corrected chi connectivity index (χ2v) is 6.98. The van der Waals surface area contributed by atoms with Gasteiger partial charge >= 0.3 is 0 Å². The Hall–Kier alpha value is -0.200. The second-order valence-electron chi connectivity index (χ2n) is 6.98. The predicted molar refractivity (Wildman–Crippen MR) is 76.5 cm³/mol. The van der Waals surface area contributed by atoms with Crippen molar-refractivity contribution >= 4 is 0 Å². The zero-order valence-electron chi connectivity index (χ0n) is 13.8. The van der Waals surface area contributed by atoms with Crippen LogP contribution in [-0.4, -0.2) is 58.0 Å². The minimum atomic E-state index is -1.50. The molecule has 0 aromatic rings. The van der Waals surface area contributed by atoms with Crippen LogP contribution in [0.2, 0.25) is 0 Å². The van der Waals surface area contributed by atoms with Gasteiger partial charge in [-0.25, -0.2) is 0 Å². The molecule has 5 heteroatoms. The van der Waals surface area contributed by atoms with Crippen LogP contribution in [0.5, 0.6) is 0 Å². The highest BCUT2D eigenvalue weighted by Gasteiger charge is 2.73. The molecule has 0 spiro atoms. The fraction of sp³-hybridized carbons (Fsp3) is 1.00. The molecule has 1 saturated heterocycles. The average Bonchev–Trinajstić information content (AvgIpc) is 2.36. The summed E-state index contributed by atoms with van der Waals surface area (Å²) < 4.78 is 11.4. The molecule has 0 radical (unpaired) electrons. The molecule has 3 unspecified atom stereocenters. The van der Waals surface area contributed by atoms with Crippen molar-refractivity contribution in [1.82, 2.24) is 0 Å². The lowest BCUT2D eigenvalue weighted by Gasteiger charge is -2.67. The molecule has 0 aromatic carbocycles. The van der Waals surface area contributed by atoms with E-state index in [0.717, 1.165) is 0 Å². The first-order valence-corrected chi connectivity index (χ1v) is 7.14. The van der Waals surface area contributed by atoms with Gasteiger partial charge in [0.25, 0.3) is 0 Å². The molecule has 0 aromatic heterocycles. The highest BCUT2D eigenvalue weighted by Crippen LogP contribution is 2.58. The average molecular weight is 290 g/mol.